The van der Waals surface area contributed by atoms with Crippen LogP contribution in [0, 0.1) is 0 Å². The van der Waals surface area contributed by atoms with Crippen molar-refractivity contribution >= 4 is 49.1 Å². The number of halogens is 2. The molecule has 0 aromatic heterocycles. The first-order chi connectivity index (χ1) is 9.97. The minimum atomic E-state index is -3.68. The first-order valence-corrected chi connectivity index (χ1v) is 10.1. The minimum Gasteiger partial charge on any atom is -0.266 e. The summed E-state index contributed by atoms with van der Waals surface area (Å²) < 4.78 is 51.4. The maximum absolute atomic E-state index is 11.9. The van der Waals surface area contributed by atoms with E-state index in [0.717, 1.165) is 14.9 Å². The summed E-state index contributed by atoms with van der Waals surface area (Å²) >= 11 is 12.0. The van der Waals surface area contributed by atoms with Crippen LogP contribution in [-0.2, 0) is 20.2 Å². The SMILES string of the molecule is CN(C)S(=O)(=O)NCCN(c1c(Cl)cccc1Cl)S(C)(=O)=O. The highest BCUT2D eigenvalue weighted by atomic mass is 35.5. The second-order valence-electron chi connectivity index (χ2n) is 4.59. The molecule has 0 saturated carbocycles. The zero-order valence-electron chi connectivity index (χ0n) is 12.2. The average molecular weight is 390 g/mol. The fourth-order valence-corrected chi connectivity index (χ4v) is 3.84. The standard InChI is InChI=1S/C11H17Cl2N3O4S2/c1-15(2)22(19,20)14-7-8-16(21(3,17)18)11-9(12)5-4-6-10(11)13/h4-6,14H,7-8H2,1-3H3. The van der Waals surface area contributed by atoms with Crippen molar-refractivity contribution < 1.29 is 16.8 Å². The first kappa shape index (κ1) is 19.5. The van der Waals surface area contributed by atoms with Crippen LogP contribution >= 0.6 is 23.2 Å². The van der Waals surface area contributed by atoms with Gasteiger partial charge in [-0.25, -0.2) is 13.1 Å². The van der Waals surface area contributed by atoms with Gasteiger partial charge in [0.2, 0.25) is 10.0 Å². The monoisotopic (exact) mass is 389 g/mol. The molecule has 7 nitrogen and oxygen atoms in total. The number of anilines is 1. The molecule has 0 aliphatic heterocycles. The molecule has 0 spiro atoms. The third-order valence-electron chi connectivity index (χ3n) is 2.67. The smallest absolute Gasteiger partial charge is 0.266 e. The van der Waals surface area contributed by atoms with Crippen molar-refractivity contribution in [3.63, 3.8) is 0 Å². The van der Waals surface area contributed by atoms with E-state index in [-0.39, 0.29) is 28.8 Å². The van der Waals surface area contributed by atoms with Crippen molar-refractivity contribution in [2.24, 2.45) is 0 Å². The predicted molar refractivity (Wildman–Crippen MR) is 89.3 cm³/mol. The lowest BCUT2D eigenvalue weighted by atomic mass is 10.3. The summed E-state index contributed by atoms with van der Waals surface area (Å²) in [7, 11) is -4.61. The van der Waals surface area contributed by atoms with E-state index in [1.54, 1.807) is 6.07 Å². The Morgan fingerprint density at radius 1 is 1.09 bits per heavy atom. The predicted octanol–water partition coefficient (Wildman–Crippen LogP) is 1.16. The topological polar surface area (TPSA) is 86.8 Å². The zero-order chi connectivity index (χ0) is 17.1. The number of hydrogen-bond acceptors (Lipinski definition) is 4. The summed E-state index contributed by atoms with van der Waals surface area (Å²) in [6.07, 6.45) is 0.993. The number of nitrogens with zero attached hydrogens (tertiary/aromatic N) is 2. The third kappa shape index (κ3) is 4.97. The molecule has 1 N–H and O–H groups in total. The second-order valence-corrected chi connectivity index (χ2v) is 9.28. The van der Waals surface area contributed by atoms with Gasteiger partial charge in [0.05, 0.1) is 22.0 Å². The van der Waals surface area contributed by atoms with Crippen molar-refractivity contribution in [2.45, 2.75) is 0 Å². The highest BCUT2D eigenvalue weighted by Gasteiger charge is 2.23. The van der Waals surface area contributed by atoms with Crippen LogP contribution in [0.4, 0.5) is 5.69 Å². The van der Waals surface area contributed by atoms with Gasteiger partial charge in [-0.05, 0) is 12.1 Å². The molecule has 0 saturated heterocycles. The Hall–Kier alpha value is -0.580. The fraction of sp³-hybridized carbons (Fsp3) is 0.455. The molecular formula is C11H17Cl2N3O4S2. The number of benzene rings is 1. The number of sulfonamides is 1. The van der Waals surface area contributed by atoms with Gasteiger partial charge in [-0.2, -0.15) is 12.7 Å². The summed E-state index contributed by atoms with van der Waals surface area (Å²) in [4.78, 5) is 0. The summed E-state index contributed by atoms with van der Waals surface area (Å²) in [6.45, 7) is -0.273. The molecule has 0 aliphatic carbocycles. The van der Waals surface area contributed by atoms with E-state index in [9.17, 15) is 16.8 Å². The first-order valence-electron chi connectivity index (χ1n) is 6.05. The van der Waals surface area contributed by atoms with E-state index in [2.05, 4.69) is 4.72 Å². The van der Waals surface area contributed by atoms with E-state index >= 15 is 0 Å². The molecule has 0 fully saturated rings. The van der Waals surface area contributed by atoms with Crippen molar-refractivity contribution in [3.05, 3.63) is 28.2 Å². The lowest BCUT2D eigenvalue weighted by Gasteiger charge is -2.25. The van der Waals surface area contributed by atoms with Gasteiger partial charge in [0.25, 0.3) is 10.2 Å². The van der Waals surface area contributed by atoms with E-state index in [4.69, 9.17) is 23.2 Å². The molecule has 11 heteroatoms. The van der Waals surface area contributed by atoms with Gasteiger partial charge in [0.1, 0.15) is 0 Å². The number of hydrogen-bond donors (Lipinski definition) is 1. The molecule has 1 aromatic rings. The second kappa shape index (κ2) is 7.33. The summed E-state index contributed by atoms with van der Waals surface area (Å²) in [5.74, 6) is 0. The molecule has 0 radical (unpaired) electrons. The lowest BCUT2D eigenvalue weighted by Crippen LogP contribution is -2.42. The third-order valence-corrected chi connectivity index (χ3v) is 5.97. The molecule has 0 aliphatic rings. The molecule has 0 atom stereocenters. The number of rotatable bonds is 7. The number of nitrogens with one attached hydrogen (secondary N) is 1. The summed E-state index contributed by atoms with van der Waals surface area (Å²) in [5, 5.41) is 0.321. The fourth-order valence-electron chi connectivity index (χ4n) is 1.58. The van der Waals surface area contributed by atoms with Crippen LogP contribution < -0.4 is 9.03 Å². The van der Waals surface area contributed by atoms with Crippen LogP contribution in [-0.4, -0.2) is 54.6 Å². The zero-order valence-corrected chi connectivity index (χ0v) is 15.4. The van der Waals surface area contributed by atoms with Gasteiger partial charge in [0.15, 0.2) is 0 Å². The average Bonchev–Trinajstić information content (AvgIpc) is 2.35. The van der Waals surface area contributed by atoms with Gasteiger partial charge >= 0.3 is 0 Å². The Kier molecular flexibility index (Phi) is 6.48. The molecule has 0 amide bonds. The van der Waals surface area contributed by atoms with Crippen LogP contribution in [0.5, 0.6) is 0 Å². The Morgan fingerprint density at radius 3 is 2.00 bits per heavy atom. The highest BCUT2D eigenvalue weighted by Crippen LogP contribution is 2.34. The molecule has 0 bridgehead atoms. The summed E-state index contributed by atoms with van der Waals surface area (Å²) in [5.41, 5.74) is 0.123. The highest BCUT2D eigenvalue weighted by molar-refractivity contribution is 7.92. The molecule has 22 heavy (non-hydrogen) atoms. The number of para-hydroxylation sites is 1. The molecule has 126 valence electrons. The van der Waals surface area contributed by atoms with E-state index < -0.39 is 20.2 Å². The van der Waals surface area contributed by atoms with Crippen molar-refractivity contribution in [1.29, 1.82) is 0 Å². The minimum absolute atomic E-state index is 0.123. The van der Waals surface area contributed by atoms with Crippen LogP contribution in [0.3, 0.4) is 0 Å². The lowest BCUT2D eigenvalue weighted by molar-refractivity contribution is 0.506. The maximum Gasteiger partial charge on any atom is 0.278 e. The van der Waals surface area contributed by atoms with E-state index in [0.29, 0.717) is 0 Å². The van der Waals surface area contributed by atoms with Crippen LogP contribution in [0.1, 0.15) is 0 Å². The molecule has 1 aromatic carbocycles. The molecule has 0 unspecified atom stereocenters. The Labute approximate surface area is 141 Å². The van der Waals surface area contributed by atoms with Gasteiger partial charge in [-0.3, -0.25) is 4.31 Å². The normalized spacial score (nSPS) is 12.6. The van der Waals surface area contributed by atoms with Crippen LogP contribution in [0.2, 0.25) is 10.0 Å². The Balaban J connectivity index is 3.03. The van der Waals surface area contributed by atoms with Crippen molar-refractivity contribution in [3.8, 4) is 0 Å². The summed E-state index contributed by atoms with van der Waals surface area (Å²) in [6, 6.07) is 4.60. The molecule has 1 rings (SSSR count). The largest absolute Gasteiger partial charge is 0.278 e. The maximum atomic E-state index is 11.9. The van der Waals surface area contributed by atoms with E-state index in [1.807, 2.05) is 0 Å². The van der Waals surface area contributed by atoms with Crippen LogP contribution in [0.25, 0.3) is 0 Å². The quantitative estimate of drug-likeness (QED) is 0.757. The molecular weight excluding hydrogens is 373 g/mol. The van der Waals surface area contributed by atoms with Gasteiger partial charge in [-0.1, -0.05) is 29.3 Å². The van der Waals surface area contributed by atoms with Crippen LogP contribution in [0.15, 0.2) is 18.2 Å². The van der Waals surface area contributed by atoms with Gasteiger partial charge < -0.3 is 0 Å². The van der Waals surface area contributed by atoms with Gasteiger partial charge in [-0.15, -0.1) is 0 Å². The Morgan fingerprint density at radius 2 is 1.59 bits per heavy atom. The van der Waals surface area contributed by atoms with E-state index in [1.165, 1.54) is 26.2 Å². The van der Waals surface area contributed by atoms with Crippen molar-refractivity contribution in [1.82, 2.24) is 9.03 Å². The Bertz CT molecular complexity index is 715. The van der Waals surface area contributed by atoms with Crippen molar-refractivity contribution in [2.75, 3.05) is 37.7 Å². The van der Waals surface area contributed by atoms with Gasteiger partial charge in [0, 0.05) is 27.2 Å². The molecule has 0 heterocycles.